The zero-order valence-corrected chi connectivity index (χ0v) is 17.9. The van der Waals surface area contributed by atoms with Crippen molar-refractivity contribution in [2.75, 3.05) is 24.5 Å². The summed E-state index contributed by atoms with van der Waals surface area (Å²) in [6.07, 6.45) is 3.38. The molecule has 4 heterocycles. The molecule has 7 nitrogen and oxygen atoms in total. The first-order chi connectivity index (χ1) is 15.6. The average Bonchev–Trinajstić information content (AvgIpc) is 3.19. The van der Waals surface area contributed by atoms with Gasteiger partial charge in [0.05, 0.1) is 17.0 Å². The molecule has 4 aromatic rings. The fourth-order valence-corrected chi connectivity index (χ4v) is 4.32. The van der Waals surface area contributed by atoms with Gasteiger partial charge in [-0.2, -0.15) is 5.26 Å². The Morgan fingerprint density at radius 3 is 2.81 bits per heavy atom. The van der Waals surface area contributed by atoms with Crippen molar-refractivity contribution >= 4 is 16.9 Å². The van der Waals surface area contributed by atoms with Gasteiger partial charge in [-0.05, 0) is 32.0 Å². The summed E-state index contributed by atoms with van der Waals surface area (Å²) in [6.45, 7) is 6.46. The van der Waals surface area contributed by atoms with E-state index in [0.29, 0.717) is 28.2 Å². The molecule has 0 radical (unpaired) electrons. The lowest BCUT2D eigenvalue weighted by Crippen LogP contribution is -2.50. The molecule has 32 heavy (non-hydrogen) atoms. The van der Waals surface area contributed by atoms with Crippen LogP contribution in [0.15, 0.2) is 48.9 Å². The Hall–Kier alpha value is -3.83. The van der Waals surface area contributed by atoms with Gasteiger partial charge in [0.2, 0.25) is 0 Å². The molecule has 0 unspecified atom stereocenters. The number of fused-ring (bicyclic) bond motifs is 1. The molecule has 3 aromatic heterocycles. The molecule has 1 aliphatic heterocycles. The molecule has 0 spiro atoms. The van der Waals surface area contributed by atoms with E-state index in [-0.39, 0.29) is 11.9 Å². The number of pyridine rings is 1. The van der Waals surface area contributed by atoms with Gasteiger partial charge in [0.15, 0.2) is 5.65 Å². The molecule has 1 aromatic carbocycles. The van der Waals surface area contributed by atoms with Crippen molar-refractivity contribution in [1.29, 1.82) is 5.26 Å². The first kappa shape index (κ1) is 20.1. The molecular weight excluding hydrogens is 405 g/mol. The number of nitrogens with zero attached hydrogens (tertiary/aromatic N) is 6. The van der Waals surface area contributed by atoms with Gasteiger partial charge >= 0.3 is 0 Å². The minimum atomic E-state index is -0.315. The SMILES string of the molecule is Cc1cc(C#N)cc(-n2cc(-c3ccccc3F)c3c(N4CCNC[C@@H]4C)ncnc32)n1. The number of hydrogen-bond acceptors (Lipinski definition) is 6. The maximum atomic E-state index is 14.9. The van der Waals surface area contributed by atoms with E-state index in [0.717, 1.165) is 36.5 Å². The van der Waals surface area contributed by atoms with Gasteiger partial charge in [-0.1, -0.05) is 18.2 Å². The van der Waals surface area contributed by atoms with Crippen LogP contribution in [0.1, 0.15) is 18.2 Å². The van der Waals surface area contributed by atoms with E-state index < -0.39 is 0 Å². The molecular formula is C24H22FN7. The minimum Gasteiger partial charge on any atom is -0.351 e. The number of rotatable bonds is 3. The lowest BCUT2D eigenvalue weighted by atomic mass is 10.0. The molecule has 1 fully saturated rings. The molecule has 0 bridgehead atoms. The van der Waals surface area contributed by atoms with Crippen LogP contribution in [0, 0.1) is 24.1 Å². The van der Waals surface area contributed by atoms with E-state index in [2.05, 4.69) is 38.2 Å². The summed E-state index contributed by atoms with van der Waals surface area (Å²) < 4.78 is 16.7. The van der Waals surface area contributed by atoms with Crippen molar-refractivity contribution in [3.8, 4) is 23.0 Å². The van der Waals surface area contributed by atoms with Gasteiger partial charge in [-0.3, -0.25) is 4.57 Å². The van der Waals surface area contributed by atoms with E-state index in [9.17, 15) is 9.65 Å². The summed E-state index contributed by atoms with van der Waals surface area (Å²) in [5.74, 6) is 1.02. The first-order valence-corrected chi connectivity index (χ1v) is 10.5. The zero-order valence-electron chi connectivity index (χ0n) is 17.9. The quantitative estimate of drug-likeness (QED) is 0.538. The highest BCUT2D eigenvalue weighted by Gasteiger charge is 2.26. The Morgan fingerprint density at radius 2 is 2.03 bits per heavy atom. The van der Waals surface area contributed by atoms with Crippen molar-refractivity contribution in [3.05, 3.63) is 66.0 Å². The Kier molecular flexibility index (Phi) is 5.04. The van der Waals surface area contributed by atoms with Crippen LogP contribution < -0.4 is 10.2 Å². The zero-order chi connectivity index (χ0) is 22.2. The molecule has 1 N–H and O–H groups in total. The second-order valence-electron chi connectivity index (χ2n) is 8.00. The van der Waals surface area contributed by atoms with E-state index in [4.69, 9.17) is 0 Å². The van der Waals surface area contributed by atoms with Crippen molar-refractivity contribution in [3.63, 3.8) is 0 Å². The topological polar surface area (TPSA) is 82.7 Å². The number of benzene rings is 1. The van der Waals surface area contributed by atoms with Crippen LogP contribution in [0.5, 0.6) is 0 Å². The Bertz CT molecular complexity index is 1350. The van der Waals surface area contributed by atoms with Gasteiger partial charge in [0.25, 0.3) is 0 Å². The monoisotopic (exact) mass is 427 g/mol. The maximum Gasteiger partial charge on any atom is 0.151 e. The molecule has 1 aliphatic rings. The van der Waals surface area contributed by atoms with Gasteiger partial charge < -0.3 is 10.2 Å². The highest BCUT2D eigenvalue weighted by Crippen LogP contribution is 2.38. The van der Waals surface area contributed by atoms with E-state index in [1.54, 1.807) is 24.3 Å². The normalized spacial score (nSPS) is 16.3. The van der Waals surface area contributed by atoms with Crippen LogP contribution in [0.3, 0.4) is 0 Å². The van der Waals surface area contributed by atoms with Crippen molar-refractivity contribution in [2.24, 2.45) is 0 Å². The Balaban J connectivity index is 1.83. The number of nitriles is 1. The average molecular weight is 427 g/mol. The van der Waals surface area contributed by atoms with Crippen molar-refractivity contribution in [2.45, 2.75) is 19.9 Å². The predicted molar refractivity (Wildman–Crippen MR) is 121 cm³/mol. The summed E-state index contributed by atoms with van der Waals surface area (Å²) in [6, 6.07) is 12.6. The molecule has 1 atom stereocenters. The van der Waals surface area contributed by atoms with Crippen LogP contribution >= 0.6 is 0 Å². The van der Waals surface area contributed by atoms with E-state index in [1.807, 2.05) is 23.8 Å². The molecule has 0 saturated carbocycles. The number of anilines is 1. The Labute approximate surface area is 185 Å². The van der Waals surface area contributed by atoms with Crippen molar-refractivity contribution in [1.82, 2.24) is 24.8 Å². The fourth-order valence-electron chi connectivity index (χ4n) is 4.32. The molecule has 5 rings (SSSR count). The second kappa shape index (κ2) is 8.02. The van der Waals surface area contributed by atoms with Crippen LogP contribution in [0.25, 0.3) is 28.0 Å². The minimum absolute atomic E-state index is 0.223. The number of halogens is 1. The van der Waals surface area contributed by atoms with Crippen LogP contribution in [0.2, 0.25) is 0 Å². The van der Waals surface area contributed by atoms with Crippen LogP contribution in [0.4, 0.5) is 10.2 Å². The largest absolute Gasteiger partial charge is 0.351 e. The smallest absolute Gasteiger partial charge is 0.151 e. The standard InChI is InChI=1S/C24H22FN7/c1-15-9-17(11-26)10-21(30-15)32-13-19(18-5-3-4-6-20(18)25)22-23(28-14-29-24(22)32)31-8-7-27-12-16(31)2/h3-6,9-10,13-14,16,27H,7-8,12H2,1-2H3/t16-/m0/s1. The third-order valence-electron chi connectivity index (χ3n) is 5.82. The summed E-state index contributed by atoms with van der Waals surface area (Å²) in [7, 11) is 0. The number of nitrogens with one attached hydrogen (secondary N) is 1. The second-order valence-corrected chi connectivity index (χ2v) is 8.00. The number of aromatic nitrogens is 4. The molecule has 0 amide bonds. The molecule has 160 valence electrons. The fraction of sp³-hybridized carbons (Fsp3) is 0.250. The lowest BCUT2D eigenvalue weighted by molar-refractivity contribution is 0.498. The lowest BCUT2D eigenvalue weighted by Gasteiger charge is -2.35. The summed E-state index contributed by atoms with van der Waals surface area (Å²) in [4.78, 5) is 16.1. The summed E-state index contributed by atoms with van der Waals surface area (Å²) in [5, 5.41) is 13.6. The van der Waals surface area contributed by atoms with Gasteiger partial charge in [-0.15, -0.1) is 0 Å². The molecule has 1 saturated heterocycles. The highest BCUT2D eigenvalue weighted by molar-refractivity contribution is 6.02. The number of hydrogen-bond donors (Lipinski definition) is 1. The van der Waals surface area contributed by atoms with Gasteiger partial charge in [-0.25, -0.2) is 19.3 Å². The Morgan fingerprint density at radius 1 is 1.19 bits per heavy atom. The van der Waals surface area contributed by atoms with Gasteiger partial charge in [0.1, 0.15) is 23.8 Å². The van der Waals surface area contributed by atoms with Crippen LogP contribution in [-0.4, -0.2) is 45.2 Å². The van der Waals surface area contributed by atoms with Gasteiger partial charge in [0, 0.05) is 48.7 Å². The highest BCUT2D eigenvalue weighted by atomic mass is 19.1. The molecule has 0 aliphatic carbocycles. The predicted octanol–water partition coefficient (Wildman–Crippen LogP) is 3.60. The third-order valence-corrected chi connectivity index (χ3v) is 5.82. The summed E-state index contributed by atoms with van der Waals surface area (Å²) >= 11 is 0. The van der Waals surface area contributed by atoms with E-state index >= 15 is 0 Å². The summed E-state index contributed by atoms with van der Waals surface area (Å²) in [5.41, 5.74) is 3.02. The van der Waals surface area contributed by atoms with Crippen molar-refractivity contribution < 1.29 is 4.39 Å². The third kappa shape index (κ3) is 3.37. The van der Waals surface area contributed by atoms with E-state index in [1.165, 1.54) is 12.4 Å². The maximum absolute atomic E-state index is 14.9. The number of aryl methyl sites for hydroxylation is 1. The van der Waals surface area contributed by atoms with Crippen LogP contribution in [-0.2, 0) is 0 Å². The molecule has 8 heteroatoms. The first-order valence-electron chi connectivity index (χ1n) is 10.5. The number of piperazine rings is 1.